The first-order valence-corrected chi connectivity index (χ1v) is 6.77. The van der Waals surface area contributed by atoms with Gasteiger partial charge in [0.2, 0.25) is 0 Å². The highest BCUT2D eigenvalue weighted by molar-refractivity contribution is 5.92. The molecule has 0 aromatic carbocycles. The summed E-state index contributed by atoms with van der Waals surface area (Å²) in [6.07, 6.45) is 3.58. The van der Waals surface area contributed by atoms with Crippen molar-refractivity contribution in [3.63, 3.8) is 0 Å². The highest BCUT2D eigenvalue weighted by atomic mass is 16.4. The molecular weight excluding hydrogens is 242 g/mol. The van der Waals surface area contributed by atoms with Gasteiger partial charge in [0, 0.05) is 25.3 Å². The second-order valence-corrected chi connectivity index (χ2v) is 5.05. The number of aromatic nitrogens is 1. The molecule has 1 aliphatic heterocycles. The molecule has 1 aromatic heterocycles. The molecule has 0 bridgehead atoms. The molecule has 0 saturated carbocycles. The van der Waals surface area contributed by atoms with E-state index in [9.17, 15) is 9.90 Å². The summed E-state index contributed by atoms with van der Waals surface area (Å²) in [5, 5.41) is 9.28. The number of aromatic carboxylic acids is 1. The lowest BCUT2D eigenvalue weighted by Gasteiger charge is -2.32. The van der Waals surface area contributed by atoms with E-state index in [2.05, 4.69) is 28.8 Å². The topological polar surface area (TPSA) is 56.7 Å². The number of hydrogen-bond acceptors (Lipinski definition) is 4. The van der Waals surface area contributed by atoms with Crippen molar-refractivity contribution in [1.29, 1.82) is 0 Å². The normalized spacial score (nSPS) is 21.2. The number of likely N-dealkylation sites (N-methyl/N-ethyl adjacent to an activating group) is 1. The van der Waals surface area contributed by atoms with E-state index in [0.29, 0.717) is 6.04 Å². The summed E-state index contributed by atoms with van der Waals surface area (Å²) < 4.78 is 0. The van der Waals surface area contributed by atoms with E-state index in [4.69, 9.17) is 0 Å². The zero-order valence-corrected chi connectivity index (χ0v) is 11.5. The van der Waals surface area contributed by atoms with Gasteiger partial charge in [0.25, 0.3) is 0 Å². The Hall–Kier alpha value is -1.62. The van der Waals surface area contributed by atoms with Crippen molar-refractivity contribution in [2.75, 3.05) is 31.6 Å². The van der Waals surface area contributed by atoms with Gasteiger partial charge in [-0.2, -0.15) is 0 Å². The van der Waals surface area contributed by atoms with E-state index in [-0.39, 0.29) is 5.69 Å². The molecular formula is C14H21N3O2. The SMILES string of the molecule is CCC1CN(C)CCCN1c1cccnc1C(=O)O. The Bertz CT molecular complexity index is 450. The molecule has 0 aliphatic carbocycles. The molecule has 2 rings (SSSR count). The van der Waals surface area contributed by atoms with E-state index in [0.717, 1.165) is 38.2 Å². The molecule has 1 unspecified atom stereocenters. The lowest BCUT2D eigenvalue weighted by Crippen LogP contribution is -2.40. The predicted molar refractivity (Wildman–Crippen MR) is 74.7 cm³/mol. The summed E-state index contributed by atoms with van der Waals surface area (Å²) in [6, 6.07) is 4.02. The van der Waals surface area contributed by atoms with Gasteiger partial charge in [-0.3, -0.25) is 0 Å². The summed E-state index contributed by atoms with van der Waals surface area (Å²) in [4.78, 5) is 19.8. The molecule has 0 amide bonds. The number of anilines is 1. The molecule has 2 heterocycles. The highest BCUT2D eigenvalue weighted by Gasteiger charge is 2.25. The molecule has 1 aromatic rings. The number of carboxylic acid groups (broad SMARTS) is 1. The Kier molecular flexibility index (Phi) is 4.37. The lowest BCUT2D eigenvalue weighted by atomic mass is 10.1. The molecule has 1 atom stereocenters. The van der Waals surface area contributed by atoms with Crippen LogP contribution in [0.25, 0.3) is 0 Å². The molecule has 0 spiro atoms. The van der Waals surface area contributed by atoms with Crippen LogP contribution in [0, 0.1) is 0 Å². The van der Waals surface area contributed by atoms with Crippen LogP contribution >= 0.6 is 0 Å². The van der Waals surface area contributed by atoms with E-state index < -0.39 is 5.97 Å². The Morgan fingerprint density at radius 3 is 3.00 bits per heavy atom. The summed E-state index contributed by atoms with van der Waals surface area (Å²) in [5.74, 6) is -0.956. The highest BCUT2D eigenvalue weighted by Crippen LogP contribution is 2.24. The number of carboxylic acids is 1. The van der Waals surface area contributed by atoms with Crippen LogP contribution in [0.4, 0.5) is 5.69 Å². The average Bonchev–Trinajstić information content (AvgIpc) is 2.60. The van der Waals surface area contributed by atoms with Crippen molar-refractivity contribution < 1.29 is 9.90 Å². The monoisotopic (exact) mass is 263 g/mol. The average molecular weight is 263 g/mol. The number of hydrogen-bond donors (Lipinski definition) is 1. The van der Waals surface area contributed by atoms with Crippen LogP contribution in [-0.4, -0.2) is 53.7 Å². The summed E-state index contributed by atoms with van der Waals surface area (Å²) in [7, 11) is 2.12. The Balaban J connectivity index is 2.35. The van der Waals surface area contributed by atoms with Crippen LogP contribution < -0.4 is 4.90 Å². The van der Waals surface area contributed by atoms with Crippen molar-refractivity contribution in [1.82, 2.24) is 9.88 Å². The molecule has 1 N–H and O–H groups in total. The molecule has 5 nitrogen and oxygen atoms in total. The zero-order valence-electron chi connectivity index (χ0n) is 11.5. The first kappa shape index (κ1) is 13.8. The third-order valence-electron chi connectivity index (χ3n) is 3.67. The summed E-state index contributed by atoms with van der Waals surface area (Å²) >= 11 is 0. The Morgan fingerprint density at radius 1 is 1.53 bits per heavy atom. The van der Waals surface area contributed by atoms with E-state index in [1.54, 1.807) is 0 Å². The third kappa shape index (κ3) is 3.04. The van der Waals surface area contributed by atoms with Crippen LogP contribution in [0.2, 0.25) is 0 Å². The van der Waals surface area contributed by atoms with Gasteiger partial charge in [0.05, 0.1) is 5.69 Å². The van der Waals surface area contributed by atoms with Gasteiger partial charge >= 0.3 is 5.97 Å². The molecule has 1 aliphatic rings. The second kappa shape index (κ2) is 6.02. The zero-order chi connectivity index (χ0) is 13.8. The fourth-order valence-corrected chi connectivity index (χ4v) is 2.70. The Labute approximate surface area is 113 Å². The van der Waals surface area contributed by atoms with E-state index >= 15 is 0 Å². The smallest absolute Gasteiger partial charge is 0.356 e. The molecule has 19 heavy (non-hydrogen) atoms. The molecule has 104 valence electrons. The minimum Gasteiger partial charge on any atom is -0.476 e. The number of pyridine rings is 1. The lowest BCUT2D eigenvalue weighted by molar-refractivity contribution is 0.0691. The van der Waals surface area contributed by atoms with Crippen LogP contribution in [-0.2, 0) is 0 Å². The fourth-order valence-electron chi connectivity index (χ4n) is 2.70. The van der Waals surface area contributed by atoms with Crippen molar-refractivity contribution in [2.45, 2.75) is 25.8 Å². The quantitative estimate of drug-likeness (QED) is 0.899. The Morgan fingerprint density at radius 2 is 2.32 bits per heavy atom. The van der Waals surface area contributed by atoms with Crippen molar-refractivity contribution in [3.05, 3.63) is 24.0 Å². The standard InChI is InChI=1S/C14H21N3O2/c1-3-11-10-16(2)8-5-9-17(11)12-6-4-7-15-13(12)14(18)19/h4,6-7,11H,3,5,8-10H2,1-2H3,(H,18,19). The predicted octanol–water partition coefficient (Wildman–Crippen LogP) is 1.70. The number of rotatable bonds is 3. The van der Waals surface area contributed by atoms with Crippen molar-refractivity contribution >= 4 is 11.7 Å². The van der Waals surface area contributed by atoms with Gasteiger partial charge in [0.15, 0.2) is 5.69 Å². The molecule has 5 heteroatoms. The van der Waals surface area contributed by atoms with Gasteiger partial charge < -0.3 is 14.9 Å². The maximum absolute atomic E-state index is 11.3. The molecule has 0 radical (unpaired) electrons. The largest absolute Gasteiger partial charge is 0.476 e. The minimum atomic E-state index is -0.956. The minimum absolute atomic E-state index is 0.158. The third-order valence-corrected chi connectivity index (χ3v) is 3.67. The fraction of sp³-hybridized carbons (Fsp3) is 0.571. The van der Waals surface area contributed by atoms with Crippen LogP contribution in [0.15, 0.2) is 18.3 Å². The van der Waals surface area contributed by atoms with Gasteiger partial charge in [0.1, 0.15) is 0 Å². The first-order chi connectivity index (χ1) is 9.13. The molecule has 1 fully saturated rings. The van der Waals surface area contributed by atoms with Crippen LogP contribution in [0.3, 0.4) is 0 Å². The summed E-state index contributed by atoms with van der Waals surface area (Å²) in [6.45, 7) is 5.04. The number of nitrogens with zero attached hydrogens (tertiary/aromatic N) is 3. The van der Waals surface area contributed by atoms with Gasteiger partial charge in [-0.15, -0.1) is 0 Å². The maximum atomic E-state index is 11.3. The summed E-state index contributed by atoms with van der Waals surface area (Å²) in [5.41, 5.74) is 0.905. The maximum Gasteiger partial charge on any atom is 0.356 e. The van der Waals surface area contributed by atoms with Crippen molar-refractivity contribution in [3.8, 4) is 0 Å². The van der Waals surface area contributed by atoms with Gasteiger partial charge in [-0.25, -0.2) is 9.78 Å². The number of carbonyl (C=O) groups is 1. The molecule has 1 saturated heterocycles. The second-order valence-electron chi connectivity index (χ2n) is 5.05. The van der Waals surface area contributed by atoms with E-state index in [1.807, 2.05) is 12.1 Å². The van der Waals surface area contributed by atoms with Crippen LogP contribution in [0.5, 0.6) is 0 Å². The van der Waals surface area contributed by atoms with E-state index in [1.165, 1.54) is 6.20 Å². The van der Waals surface area contributed by atoms with Gasteiger partial charge in [-0.1, -0.05) is 6.92 Å². The van der Waals surface area contributed by atoms with Crippen LogP contribution in [0.1, 0.15) is 30.3 Å². The van der Waals surface area contributed by atoms with Gasteiger partial charge in [-0.05, 0) is 38.6 Å². The van der Waals surface area contributed by atoms with Crippen molar-refractivity contribution in [2.24, 2.45) is 0 Å². The first-order valence-electron chi connectivity index (χ1n) is 6.77.